The number of benzene rings is 1. The Kier molecular flexibility index (Phi) is 4.87. The Morgan fingerprint density at radius 3 is 3.00 bits per heavy atom. The third-order valence-electron chi connectivity index (χ3n) is 5.82. The highest BCUT2D eigenvalue weighted by Crippen LogP contribution is 2.31. The second-order valence-electron chi connectivity index (χ2n) is 7.84. The Balaban J connectivity index is 1.20. The Hall–Kier alpha value is -2.96. The van der Waals surface area contributed by atoms with Gasteiger partial charge in [0.05, 0.1) is 13.2 Å². The SMILES string of the molecule is O=C(Nc1ccc2c(c1)CCO2)N1CCC(Oc2cccnc2N2CCCC2)C1. The van der Waals surface area contributed by atoms with Gasteiger partial charge >= 0.3 is 6.03 Å². The Bertz CT molecular complexity index is 897. The van der Waals surface area contributed by atoms with Crippen molar-refractivity contribution in [3.63, 3.8) is 0 Å². The topological polar surface area (TPSA) is 66.9 Å². The number of carbonyl (C=O) groups is 1. The molecule has 29 heavy (non-hydrogen) atoms. The molecule has 0 saturated carbocycles. The van der Waals surface area contributed by atoms with E-state index in [4.69, 9.17) is 9.47 Å². The van der Waals surface area contributed by atoms with Crippen LogP contribution in [0.3, 0.4) is 0 Å². The van der Waals surface area contributed by atoms with Crippen LogP contribution >= 0.6 is 0 Å². The van der Waals surface area contributed by atoms with Gasteiger partial charge in [0.2, 0.25) is 0 Å². The molecule has 2 amide bonds. The highest BCUT2D eigenvalue weighted by atomic mass is 16.5. The fourth-order valence-corrected chi connectivity index (χ4v) is 4.30. The molecule has 1 unspecified atom stereocenters. The summed E-state index contributed by atoms with van der Waals surface area (Å²) < 4.78 is 11.8. The molecule has 0 aliphatic carbocycles. The molecule has 5 rings (SSSR count). The Morgan fingerprint density at radius 2 is 2.10 bits per heavy atom. The van der Waals surface area contributed by atoms with Gasteiger partial charge in [-0.2, -0.15) is 0 Å². The van der Waals surface area contributed by atoms with E-state index in [-0.39, 0.29) is 12.1 Å². The maximum Gasteiger partial charge on any atom is 0.321 e. The monoisotopic (exact) mass is 394 g/mol. The molecule has 3 aliphatic rings. The van der Waals surface area contributed by atoms with Gasteiger partial charge in [0.15, 0.2) is 11.6 Å². The van der Waals surface area contributed by atoms with Gasteiger partial charge in [0.1, 0.15) is 11.9 Å². The van der Waals surface area contributed by atoms with E-state index in [0.717, 1.165) is 54.5 Å². The van der Waals surface area contributed by atoms with Crippen molar-refractivity contribution in [3.05, 3.63) is 42.1 Å². The van der Waals surface area contributed by atoms with E-state index in [0.29, 0.717) is 19.7 Å². The summed E-state index contributed by atoms with van der Waals surface area (Å²) in [5.41, 5.74) is 1.96. The second kappa shape index (κ2) is 7.81. The van der Waals surface area contributed by atoms with Gasteiger partial charge in [-0.15, -0.1) is 0 Å². The number of aromatic nitrogens is 1. The van der Waals surface area contributed by atoms with E-state index in [1.54, 1.807) is 0 Å². The van der Waals surface area contributed by atoms with Crippen LogP contribution in [0.4, 0.5) is 16.3 Å². The van der Waals surface area contributed by atoms with E-state index < -0.39 is 0 Å². The molecule has 2 fully saturated rings. The van der Waals surface area contributed by atoms with Crippen LogP contribution < -0.4 is 19.7 Å². The molecular weight excluding hydrogens is 368 g/mol. The standard InChI is InChI=1S/C22H26N4O3/c27-22(24-17-5-6-19-16(14-17)8-13-28-19)26-12-7-18(15-26)29-20-4-3-9-23-21(20)25-10-1-2-11-25/h3-6,9,14,18H,1-2,7-8,10-13,15H2,(H,24,27). The number of nitrogens with one attached hydrogen (secondary N) is 1. The molecule has 0 radical (unpaired) electrons. The predicted molar refractivity (Wildman–Crippen MR) is 111 cm³/mol. The maximum atomic E-state index is 12.7. The van der Waals surface area contributed by atoms with Crippen molar-refractivity contribution in [2.45, 2.75) is 31.8 Å². The molecule has 3 aliphatic heterocycles. The lowest BCUT2D eigenvalue weighted by atomic mass is 10.1. The fourth-order valence-electron chi connectivity index (χ4n) is 4.30. The quantitative estimate of drug-likeness (QED) is 0.862. The lowest BCUT2D eigenvalue weighted by Gasteiger charge is -2.22. The van der Waals surface area contributed by atoms with Crippen molar-refractivity contribution in [2.24, 2.45) is 0 Å². The van der Waals surface area contributed by atoms with Crippen molar-refractivity contribution in [1.29, 1.82) is 0 Å². The number of likely N-dealkylation sites (tertiary alicyclic amines) is 1. The molecule has 2 aromatic rings. The minimum Gasteiger partial charge on any atom is -0.493 e. The number of rotatable bonds is 4. The zero-order valence-electron chi connectivity index (χ0n) is 16.5. The average molecular weight is 394 g/mol. The van der Waals surface area contributed by atoms with Crippen molar-refractivity contribution in [3.8, 4) is 11.5 Å². The van der Waals surface area contributed by atoms with Gasteiger partial charge in [-0.05, 0) is 48.7 Å². The second-order valence-corrected chi connectivity index (χ2v) is 7.84. The molecule has 1 aromatic carbocycles. The summed E-state index contributed by atoms with van der Waals surface area (Å²) in [6.07, 6.45) is 5.91. The maximum absolute atomic E-state index is 12.7. The molecule has 0 bridgehead atoms. The first kappa shape index (κ1) is 18.1. The van der Waals surface area contributed by atoms with E-state index in [1.807, 2.05) is 41.4 Å². The van der Waals surface area contributed by atoms with Gasteiger partial charge in [0, 0.05) is 44.4 Å². The van der Waals surface area contributed by atoms with Gasteiger partial charge in [0.25, 0.3) is 0 Å². The molecule has 1 atom stereocenters. The van der Waals surface area contributed by atoms with Crippen LogP contribution in [0.25, 0.3) is 0 Å². The van der Waals surface area contributed by atoms with E-state index in [1.165, 1.54) is 12.8 Å². The first-order chi connectivity index (χ1) is 14.3. The van der Waals surface area contributed by atoms with Gasteiger partial charge in [-0.25, -0.2) is 9.78 Å². The number of amides is 2. The third kappa shape index (κ3) is 3.81. The van der Waals surface area contributed by atoms with Gasteiger partial charge in [-0.3, -0.25) is 0 Å². The minimum absolute atomic E-state index is 0.0141. The van der Waals surface area contributed by atoms with Crippen molar-refractivity contribution in [1.82, 2.24) is 9.88 Å². The average Bonchev–Trinajstić information content (AvgIpc) is 3.50. The summed E-state index contributed by atoms with van der Waals surface area (Å²) in [5.74, 6) is 2.66. The highest BCUT2D eigenvalue weighted by Gasteiger charge is 2.29. The van der Waals surface area contributed by atoms with E-state index in [9.17, 15) is 4.79 Å². The van der Waals surface area contributed by atoms with Crippen LogP contribution in [-0.2, 0) is 6.42 Å². The minimum atomic E-state index is -0.0825. The molecule has 1 aromatic heterocycles. The summed E-state index contributed by atoms with van der Waals surface area (Å²) in [6.45, 7) is 4.03. The fraction of sp³-hybridized carbons (Fsp3) is 0.455. The van der Waals surface area contributed by atoms with E-state index in [2.05, 4.69) is 15.2 Å². The number of hydrogen-bond acceptors (Lipinski definition) is 5. The van der Waals surface area contributed by atoms with Crippen molar-refractivity contribution in [2.75, 3.05) is 43.0 Å². The molecule has 7 heteroatoms. The predicted octanol–water partition coefficient (Wildman–Crippen LogP) is 3.30. The van der Waals surface area contributed by atoms with Crippen molar-refractivity contribution >= 4 is 17.5 Å². The summed E-state index contributed by atoms with van der Waals surface area (Å²) in [6, 6.07) is 9.63. The third-order valence-corrected chi connectivity index (χ3v) is 5.82. The van der Waals surface area contributed by atoms with Crippen LogP contribution in [0.1, 0.15) is 24.8 Å². The van der Waals surface area contributed by atoms with Crippen molar-refractivity contribution < 1.29 is 14.3 Å². The first-order valence-electron chi connectivity index (χ1n) is 10.4. The molecule has 7 nitrogen and oxygen atoms in total. The number of carbonyl (C=O) groups excluding carboxylic acids is 1. The molecule has 152 valence electrons. The summed E-state index contributed by atoms with van der Waals surface area (Å²) in [5, 5.41) is 3.01. The summed E-state index contributed by atoms with van der Waals surface area (Å²) in [7, 11) is 0. The summed E-state index contributed by atoms with van der Waals surface area (Å²) >= 11 is 0. The molecule has 4 heterocycles. The number of pyridine rings is 1. The number of ether oxygens (including phenoxy) is 2. The van der Waals surface area contributed by atoms with Gasteiger partial charge < -0.3 is 24.6 Å². The zero-order chi connectivity index (χ0) is 19.6. The summed E-state index contributed by atoms with van der Waals surface area (Å²) in [4.78, 5) is 21.3. The lowest BCUT2D eigenvalue weighted by Crippen LogP contribution is -2.34. The number of nitrogens with zero attached hydrogens (tertiary/aromatic N) is 3. The number of anilines is 2. The van der Waals surface area contributed by atoms with Crippen LogP contribution in [0.2, 0.25) is 0 Å². The largest absolute Gasteiger partial charge is 0.493 e. The first-order valence-corrected chi connectivity index (χ1v) is 10.4. The van der Waals surface area contributed by atoms with Gasteiger partial charge in [-0.1, -0.05) is 0 Å². The Labute approximate surface area is 170 Å². The van der Waals surface area contributed by atoms with Crippen LogP contribution in [-0.4, -0.2) is 54.8 Å². The van der Waals surface area contributed by atoms with Crippen LogP contribution in [0, 0.1) is 0 Å². The highest BCUT2D eigenvalue weighted by molar-refractivity contribution is 5.89. The Morgan fingerprint density at radius 1 is 1.21 bits per heavy atom. The smallest absolute Gasteiger partial charge is 0.321 e. The normalized spacial score (nSPS) is 20.5. The van der Waals surface area contributed by atoms with E-state index >= 15 is 0 Å². The lowest BCUT2D eigenvalue weighted by molar-refractivity contribution is 0.195. The number of hydrogen-bond donors (Lipinski definition) is 1. The number of urea groups is 1. The van der Waals surface area contributed by atoms with Crippen LogP contribution in [0.5, 0.6) is 11.5 Å². The molecule has 2 saturated heterocycles. The van der Waals surface area contributed by atoms with Crippen LogP contribution in [0.15, 0.2) is 36.5 Å². The molecule has 0 spiro atoms. The molecular formula is C22H26N4O3. The number of fused-ring (bicyclic) bond motifs is 1. The zero-order valence-corrected chi connectivity index (χ0v) is 16.5. The molecule has 1 N–H and O–H groups in total.